The standard InChI is InChI=1S/C20H22Cl2FN5OS2/c21-14-10-17(30-19(14)22)31-27-20(29)26-11-15(23)13-7-4-8-28(25)18(13)16(24)9-12-5-2-1-3-6-12/h1-3,5-6,10H,4,7-9,11,24-25H2,(H2,26,27,29)/b15-13+,18-16-. The van der Waals surface area contributed by atoms with Crippen molar-refractivity contribution in [2.24, 2.45) is 11.6 Å². The zero-order chi connectivity index (χ0) is 22.4. The molecule has 1 aliphatic rings. The summed E-state index contributed by atoms with van der Waals surface area (Å²) in [7, 11) is 0. The fourth-order valence-corrected chi connectivity index (χ4v) is 5.44. The van der Waals surface area contributed by atoms with Gasteiger partial charge in [-0.1, -0.05) is 53.5 Å². The van der Waals surface area contributed by atoms with E-state index >= 15 is 4.39 Å². The van der Waals surface area contributed by atoms with Gasteiger partial charge in [0.15, 0.2) is 0 Å². The lowest BCUT2D eigenvalue weighted by Gasteiger charge is -2.31. The minimum absolute atomic E-state index is 0.274. The number of urea groups is 1. The number of allylic oxidation sites excluding steroid dienone is 2. The number of nitrogens with one attached hydrogen (secondary N) is 2. The van der Waals surface area contributed by atoms with E-state index < -0.39 is 11.9 Å². The van der Waals surface area contributed by atoms with E-state index in [0.717, 1.165) is 17.5 Å². The van der Waals surface area contributed by atoms with E-state index in [1.165, 1.54) is 16.3 Å². The first-order valence-electron chi connectivity index (χ1n) is 9.43. The molecule has 11 heteroatoms. The van der Waals surface area contributed by atoms with Crippen LogP contribution in [-0.4, -0.2) is 24.1 Å². The molecule has 1 aromatic carbocycles. The number of carbonyl (C=O) groups is 1. The highest BCUT2D eigenvalue weighted by molar-refractivity contribution is 7.99. The van der Waals surface area contributed by atoms with E-state index in [1.54, 1.807) is 6.07 Å². The number of carbonyl (C=O) groups excluding carboxylic acids is 1. The molecule has 3 rings (SSSR count). The van der Waals surface area contributed by atoms with Crippen molar-refractivity contribution in [3.05, 3.63) is 74.1 Å². The minimum atomic E-state index is -0.537. The summed E-state index contributed by atoms with van der Waals surface area (Å²) < 4.78 is 18.7. The second-order valence-electron chi connectivity index (χ2n) is 6.79. The Morgan fingerprint density at radius 3 is 2.71 bits per heavy atom. The lowest BCUT2D eigenvalue weighted by Crippen LogP contribution is -2.39. The van der Waals surface area contributed by atoms with Gasteiger partial charge in [0.25, 0.3) is 0 Å². The third kappa shape index (κ3) is 6.54. The molecule has 1 fully saturated rings. The maximum Gasteiger partial charge on any atom is 0.325 e. The van der Waals surface area contributed by atoms with E-state index in [2.05, 4.69) is 10.0 Å². The smallest absolute Gasteiger partial charge is 0.325 e. The van der Waals surface area contributed by atoms with Gasteiger partial charge in [-0.3, -0.25) is 4.72 Å². The van der Waals surface area contributed by atoms with Gasteiger partial charge in [-0.15, -0.1) is 11.3 Å². The zero-order valence-electron chi connectivity index (χ0n) is 16.5. The van der Waals surface area contributed by atoms with Crippen LogP contribution in [0.1, 0.15) is 18.4 Å². The Balaban J connectivity index is 1.66. The van der Waals surface area contributed by atoms with E-state index in [0.29, 0.717) is 56.3 Å². The van der Waals surface area contributed by atoms with Crippen molar-refractivity contribution in [3.8, 4) is 0 Å². The second-order valence-corrected chi connectivity index (χ2v) is 9.96. The Hall–Kier alpha value is -1.91. The molecule has 2 heterocycles. The molecule has 0 unspecified atom stereocenters. The molecule has 0 spiro atoms. The van der Waals surface area contributed by atoms with E-state index in [4.69, 9.17) is 34.8 Å². The largest absolute Gasteiger partial charge is 0.400 e. The lowest BCUT2D eigenvalue weighted by atomic mass is 9.97. The van der Waals surface area contributed by atoms with Crippen LogP contribution in [0.15, 0.2) is 63.4 Å². The number of hydrogen-bond donors (Lipinski definition) is 4. The van der Waals surface area contributed by atoms with Crippen molar-refractivity contribution in [3.63, 3.8) is 0 Å². The Bertz CT molecular complexity index is 977. The van der Waals surface area contributed by atoms with Crippen LogP contribution in [0.5, 0.6) is 0 Å². The quantitative estimate of drug-likeness (QED) is 0.331. The highest BCUT2D eigenvalue weighted by Crippen LogP contribution is 2.36. The van der Waals surface area contributed by atoms with Crippen LogP contribution in [0.25, 0.3) is 0 Å². The molecule has 2 amide bonds. The predicted molar refractivity (Wildman–Crippen MR) is 126 cm³/mol. The number of benzene rings is 1. The molecule has 0 aliphatic carbocycles. The molecular weight excluding hydrogens is 480 g/mol. The lowest BCUT2D eigenvalue weighted by molar-refractivity contribution is 0.246. The average Bonchev–Trinajstić information content (AvgIpc) is 3.08. The van der Waals surface area contributed by atoms with Gasteiger partial charge in [-0.25, -0.2) is 15.0 Å². The molecule has 0 radical (unpaired) electrons. The number of hydrogen-bond acceptors (Lipinski definition) is 6. The Morgan fingerprint density at radius 2 is 2.03 bits per heavy atom. The number of hydrazine groups is 1. The van der Waals surface area contributed by atoms with Gasteiger partial charge in [-0.05, 0) is 36.4 Å². The number of halogens is 3. The number of piperidine rings is 1. The van der Waals surface area contributed by atoms with Crippen LogP contribution < -0.4 is 21.6 Å². The Morgan fingerprint density at radius 1 is 1.29 bits per heavy atom. The van der Waals surface area contributed by atoms with Crippen LogP contribution in [0.3, 0.4) is 0 Å². The van der Waals surface area contributed by atoms with E-state index in [-0.39, 0.29) is 6.54 Å². The maximum absolute atomic E-state index is 15.0. The molecular formula is C20H22Cl2FN5OS2. The fourth-order valence-electron chi connectivity index (χ4n) is 3.15. The number of amides is 2. The highest BCUT2D eigenvalue weighted by Gasteiger charge is 2.24. The van der Waals surface area contributed by atoms with Crippen LogP contribution >= 0.6 is 46.5 Å². The second kappa shape index (κ2) is 11.1. The molecule has 6 nitrogen and oxygen atoms in total. The fraction of sp³-hybridized carbons (Fsp3) is 0.250. The Labute approximate surface area is 198 Å². The first-order valence-corrected chi connectivity index (χ1v) is 11.8. The van der Waals surface area contributed by atoms with Crippen molar-refractivity contribution in [2.75, 3.05) is 13.1 Å². The average molecular weight is 502 g/mol. The number of nitrogens with two attached hydrogens (primary N) is 2. The van der Waals surface area contributed by atoms with Gasteiger partial charge in [-0.2, -0.15) is 0 Å². The summed E-state index contributed by atoms with van der Waals surface area (Å²) in [4.78, 5) is 12.1. The molecule has 1 saturated heterocycles. The van der Waals surface area contributed by atoms with Gasteiger partial charge in [0.05, 0.1) is 21.5 Å². The third-order valence-electron chi connectivity index (χ3n) is 4.54. The van der Waals surface area contributed by atoms with Crippen molar-refractivity contribution in [2.45, 2.75) is 23.5 Å². The molecule has 1 aromatic heterocycles. The summed E-state index contributed by atoms with van der Waals surface area (Å²) in [5.74, 6) is 5.65. The summed E-state index contributed by atoms with van der Waals surface area (Å²) in [6.07, 6.45) is 1.65. The number of thiophene rings is 1. The highest BCUT2D eigenvalue weighted by atomic mass is 35.5. The van der Waals surface area contributed by atoms with E-state index in [1.807, 2.05) is 30.3 Å². The van der Waals surface area contributed by atoms with Crippen molar-refractivity contribution in [1.29, 1.82) is 0 Å². The minimum Gasteiger partial charge on any atom is -0.400 e. The molecule has 0 atom stereocenters. The summed E-state index contributed by atoms with van der Waals surface area (Å²) in [6.45, 7) is 0.307. The van der Waals surface area contributed by atoms with Gasteiger partial charge >= 0.3 is 6.03 Å². The summed E-state index contributed by atoms with van der Waals surface area (Å²) >= 11 is 14.1. The maximum atomic E-state index is 15.0. The first kappa shape index (κ1) is 23.7. The number of rotatable bonds is 6. The molecule has 166 valence electrons. The summed E-state index contributed by atoms with van der Waals surface area (Å²) in [5, 5.41) is 4.41. The van der Waals surface area contributed by atoms with Crippen molar-refractivity contribution in [1.82, 2.24) is 15.0 Å². The van der Waals surface area contributed by atoms with Crippen LogP contribution in [-0.2, 0) is 6.42 Å². The summed E-state index contributed by atoms with van der Waals surface area (Å²) in [5.41, 5.74) is 8.73. The molecule has 6 N–H and O–H groups in total. The molecule has 1 aliphatic heterocycles. The first-order chi connectivity index (χ1) is 14.8. The molecule has 2 aromatic rings. The van der Waals surface area contributed by atoms with E-state index in [9.17, 15) is 4.79 Å². The van der Waals surface area contributed by atoms with Gasteiger partial charge in [0, 0.05) is 24.2 Å². The molecule has 31 heavy (non-hydrogen) atoms. The normalized spacial score (nSPS) is 17.4. The van der Waals surface area contributed by atoms with Crippen LogP contribution in [0, 0.1) is 0 Å². The van der Waals surface area contributed by atoms with Crippen molar-refractivity contribution < 1.29 is 9.18 Å². The molecule has 0 bridgehead atoms. The van der Waals surface area contributed by atoms with Crippen LogP contribution in [0.4, 0.5) is 9.18 Å². The predicted octanol–water partition coefficient (Wildman–Crippen LogP) is 4.97. The third-order valence-corrected chi connectivity index (χ3v) is 7.31. The SMILES string of the molecule is N/C(Cc1ccccc1)=C1/C(=C(/F)CNC(=O)NSc2cc(Cl)c(Cl)s2)CCCN1N. The van der Waals surface area contributed by atoms with Crippen LogP contribution in [0.2, 0.25) is 9.36 Å². The Kier molecular flexibility index (Phi) is 8.50. The zero-order valence-corrected chi connectivity index (χ0v) is 19.6. The monoisotopic (exact) mass is 501 g/mol. The van der Waals surface area contributed by atoms with Gasteiger partial charge in [0.1, 0.15) is 10.2 Å². The number of nitrogens with zero attached hydrogens (tertiary/aromatic N) is 1. The van der Waals surface area contributed by atoms with Crippen molar-refractivity contribution >= 4 is 52.5 Å². The van der Waals surface area contributed by atoms with Gasteiger partial charge in [0.2, 0.25) is 0 Å². The summed E-state index contributed by atoms with van der Waals surface area (Å²) in [6, 6.07) is 10.8. The topological polar surface area (TPSA) is 96.4 Å². The van der Waals surface area contributed by atoms with Gasteiger partial charge < -0.3 is 16.1 Å². The molecule has 0 saturated carbocycles.